The minimum atomic E-state index is -0.0295. The van der Waals surface area contributed by atoms with Gasteiger partial charge in [-0.25, -0.2) is 4.98 Å². The molecule has 0 aliphatic rings. The molecule has 1 aromatic heterocycles. The molecule has 3 heteroatoms. The van der Waals surface area contributed by atoms with Gasteiger partial charge < -0.3 is 10.3 Å². The van der Waals surface area contributed by atoms with Crippen molar-refractivity contribution in [3.63, 3.8) is 0 Å². The molecule has 1 atom stereocenters. The van der Waals surface area contributed by atoms with Crippen LogP contribution in [-0.2, 0) is 6.54 Å². The van der Waals surface area contributed by atoms with Gasteiger partial charge in [0.25, 0.3) is 0 Å². The molecule has 114 valence electrons. The van der Waals surface area contributed by atoms with Gasteiger partial charge in [0.05, 0.1) is 17.1 Å². The molecule has 2 N–H and O–H groups in total. The maximum absolute atomic E-state index is 6.29. The maximum Gasteiger partial charge on any atom is 0.127 e. The van der Waals surface area contributed by atoms with Crippen LogP contribution in [0.3, 0.4) is 0 Å². The minimum absolute atomic E-state index is 0.0295. The van der Waals surface area contributed by atoms with Crippen molar-refractivity contribution in [3.05, 3.63) is 65.0 Å². The van der Waals surface area contributed by atoms with Gasteiger partial charge in [-0.2, -0.15) is 0 Å². The Morgan fingerprint density at radius 3 is 2.41 bits per heavy atom. The Bertz CT molecular complexity index is 784. The summed E-state index contributed by atoms with van der Waals surface area (Å²) in [5.41, 5.74) is 12.3. The van der Waals surface area contributed by atoms with Crippen LogP contribution in [0.2, 0.25) is 0 Å². The predicted molar refractivity (Wildman–Crippen MR) is 92.0 cm³/mol. The smallest absolute Gasteiger partial charge is 0.127 e. The summed E-state index contributed by atoms with van der Waals surface area (Å²) in [7, 11) is 0. The molecule has 22 heavy (non-hydrogen) atoms. The Hall–Kier alpha value is -2.13. The number of aromatic nitrogens is 2. The fourth-order valence-corrected chi connectivity index (χ4v) is 2.77. The van der Waals surface area contributed by atoms with Gasteiger partial charge in [-0.15, -0.1) is 0 Å². The van der Waals surface area contributed by atoms with E-state index in [0.717, 1.165) is 29.8 Å². The number of fused-ring (bicyclic) bond motifs is 1. The van der Waals surface area contributed by atoms with E-state index in [0.29, 0.717) is 0 Å². The van der Waals surface area contributed by atoms with Crippen molar-refractivity contribution in [2.75, 3.05) is 0 Å². The Kier molecular flexibility index (Phi) is 3.99. The third kappa shape index (κ3) is 2.77. The normalized spacial score (nSPS) is 12.7. The third-order valence-corrected chi connectivity index (χ3v) is 4.17. The molecule has 0 amide bonds. The average molecular weight is 293 g/mol. The van der Waals surface area contributed by atoms with Crippen molar-refractivity contribution < 1.29 is 0 Å². The lowest BCUT2D eigenvalue weighted by molar-refractivity contribution is 0.605. The van der Waals surface area contributed by atoms with Crippen LogP contribution < -0.4 is 5.73 Å². The summed E-state index contributed by atoms with van der Waals surface area (Å²) in [5, 5.41) is 0. The summed E-state index contributed by atoms with van der Waals surface area (Å²) in [6, 6.07) is 15.0. The molecule has 2 aromatic carbocycles. The zero-order valence-corrected chi connectivity index (χ0v) is 13.5. The highest BCUT2D eigenvalue weighted by atomic mass is 15.1. The van der Waals surface area contributed by atoms with Crippen molar-refractivity contribution in [3.8, 4) is 0 Å². The molecular weight excluding hydrogens is 270 g/mol. The molecule has 3 nitrogen and oxygen atoms in total. The second-order valence-corrected chi connectivity index (χ2v) is 6.05. The summed E-state index contributed by atoms with van der Waals surface area (Å²) in [5.74, 6) is 0.976. The highest BCUT2D eigenvalue weighted by Crippen LogP contribution is 2.23. The molecule has 0 aliphatic carbocycles. The summed E-state index contributed by atoms with van der Waals surface area (Å²) in [4.78, 5) is 4.80. The number of hydrogen-bond acceptors (Lipinski definition) is 2. The largest absolute Gasteiger partial charge is 0.322 e. The number of rotatable bonds is 4. The van der Waals surface area contributed by atoms with Crippen LogP contribution in [0.5, 0.6) is 0 Å². The van der Waals surface area contributed by atoms with Crippen LogP contribution in [0.15, 0.2) is 42.5 Å². The van der Waals surface area contributed by atoms with E-state index >= 15 is 0 Å². The molecule has 0 saturated carbocycles. The van der Waals surface area contributed by atoms with Gasteiger partial charge in [0.2, 0.25) is 0 Å². The van der Waals surface area contributed by atoms with Crippen molar-refractivity contribution >= 4 is 11.0 Å². The number of imidazole rings is 1. The predicted octanol–water partition coefficient (Wildman–Crippen LogP) is 4.11. The van der Waals surface area contributed by atoms with E-state index in [1.165, 1.54) is 16.7 Å². The Morgan fingerprint density at radius 1 is 1.05 bits per heavy atom. The van der Waals surface area contributed by atoms with E-state index in [1.54, 1.807) is 0 Å². The van der Waals surface area contributed by atoms with Gasteiger partial charge in [-0.3, -0.25) is 0 Å². The Morgan fingerprint density at radius 2 is 1.73 bits per heavy atom. The molecule has 3 rings (SSSR count). The van der Waals surface area contributed by atoms with Gasteiger partial charge in [-0.1, -0.05) is 42.8 Å². The summed E-state index contributed by atoms with van der Waals surface area (Å²) >= 11 is 0. The van der Waals surface area contributed by atoms with Gasteiger partial charge in [-0.05, 0) is 43.5 Å². The highest BCUT2D eigenvalue weighted by Gasteiger charge is 2.16. The average Bonchev–Trinajstić information content (AvgIpc) is 2.86. The molecule has 1 heterocycles. The molecule has 1 unspecified atom stereocenters. The van der Waals surface area contributed by atoms with Crippen LogP contribution in [-0.4, -0.2) is 9.55 Å². The Labute approximate surface area is 131 Å². The molecule has 0 spiro atoms. The lowest BCUT2D eigenvalue weighted by Gasteiger charge is -2.13. The monoisotopic (exact) mass is 293 g/mol. The first-order chi connectivity index (χ1) is 10.6. The molecule has 0 saturated heterocycles. The van der Waals surface area contributed by atoms with Crippen molar-refractivity contribution in [2.24, 2.45) is 5.73 Å². The number of nitrogens with two attached hydrogens (primary N) is 1. The van der Waals surface area contributed by atoms with Crippen molar-refractivity contribution in [1.29, 1.82) is 0 Å². The minimum Gasteiger partial charge on any atom is -0.322 e. The van der Waals surface area contributed by atoms with E-state index in [2.05, 4.69) is 67.8 Å². The van der Waals surface area contributed by atoms with E-state index < -0.39 is 0 Å². The quantitative estimate of drug-likeness (QED) is 0.786. The van der Waals surface area contributed by atoms with Crippen molar-refractivity contribution in [2.45, 2.75) is 39.8 Å². The zero-order valence-electron chi connectivity index (χ0n) is 13.5. The molecule has 0 fully saturated rings. The number of nitrogens with zero attached hydrogens (tertiary/aromatic N) is 2. The highest BCUT2D eigenvalue weighted by molar-refractivity contribution is 5.77. The fourth-order valence-electron chi connectivity index (χ4n) is 2.77. The van der Waals surface area contributed by atoms with Crippen LogP contribution >= 0.6 is 0 Å². The zero-order chi connectivity index (χ0) is 15.7. The molecular formula is C19H23N3. The Balaban J connectivity index is 2.10. The standard InChI is InChI=1S/C19H23N3/c1-4-16(20)19-21-17-11-14(3)7-10-18(17)22(19)12-15-8-5-13(2)6-9-15/h5-11,16H,4,12,20H2,1-3H3. The van der Waals surface area contributed by atoms with Gasteiger partial charge in [0.1, 0.15) is 5.82 Å². The molecule has 0 bridgehead atoms. The van der Waals surface area contributed by atoms with E-state index in [-0.39, 0.29) is 6.04 Å². The second kappa shape index (κ2) is 5.93. The molecule has 3 aromatic rings. The molecule has 0 radical (unpaired) electrons. The lowest BCUT2D eigenvalue weighted by Crippen LogP contribution is -2.16. The third-order valence-electron chi connectivity index (χ3n) is 4.17. The number of benzene rings is 2. The van der Waals surface area contributed by atoms with Crippen molar-refractivity contribution in [1.82, 2.24) is 9.55 Å². The van der Waals surface area contributed by atoms with Gasteiger partial charge in [0.15, 0.2) is 0 Å². The van der Waals surface area contributed by atoms with Gasteiger partial charge >= 0.3 is 0 Å². The van der Waals surface area contributed by atoms with Gasteiger partial charge in [0, 0.05) is 6.54 Å². The summed E-state index contributed by atoms with van der Waals surface area (Å²) < 4.78 is 2.26. The van der Waals surface area contributed by atoms with Crippen LogP contribution in [0.1, 0.15) is 41.9 Å². The lowest BCUT2D eigenvalue weighted by atomic mass is 10.1. The second-order valence-electron chi connectivity index (χ2n) is 6.05. The summed E-state index contributed by atoms with van der Waals surface area (Å²) in [6.45, 7) is 7.11. The first-order valence-electron chi connectivity index (χ1n) is 7.86. The topological polar surface area (TPSA) is 43.8 Å². The van der Waals surface area contributed by atoms with Crippen LogP contribution in [0, 0.1) is 13.8 Å². The first kappa shape index (κ1) is 14.8. The molecule has 0 aliphatic heterocycles. The SMILES string of the molecule is CCC(N)c1nc2cc(C)ccc2n1Cc1ccc(C)cc1. The van der Waals surface area contributed by atoms with E-state index in [1.807, 2.05) is 0 Å². The van der Waals surface area contributed by atoms with Crippen LogP contribution in [0.4, 0.5) is 0 Å². The number of hydrogen-bond donors (Lipinski definition) is 1. The van der Waals surface area contributed by atoms with E-state index in [4.69, 9.17) is 10.7 Å². The summed E-state index contributed by atoms with van der Waals surface area (Å²) in [6.07, 6.45) is 0.885. The maximum atomic E-state index is 6.29. The number of aryl methyl sites for hydroxylation is 2. The fraction of sp³-hybridized carbons (Fsp3) is 0.316. The first-order valence-corrected chi connectivity index (χ1v) is 7.86. The van der Waals surface area contributed by atoms with E-state index in [9.17, 15) is 0 Å². The van der Waals surface area contributed by atoms with Crippen LogP contribution in [0.25, 0.3) is 11.0 Å².